The number of anilines is 2. The maximum atomic E-state index is 14.3. The van der Waals surface area contributed by atoms with Crippen molar-refractivity contribution in [3.05, 3.63) is 103 Å². The van der Waals surface area contributed by atoms with Gasteiger partial charge in [-0.25, -0.2) is 51.3 Å². The van der Waals surface area contributed by atoms with Gasteiger partial charge in [0, 0.05) is 38.3 Å². The zero-order chi connectivity index (χ0) is 73.1. The Morgan fingerprint density at radius 2 is 1.31 bits per heavy atom. The summed E-state index contributed by atoms with van der Waals surface area (Å²) in [6, 6.07) is 8.77. The van der Waals surface area contributed by atoms with E-state index in [4.69, 9.17) is 36.2 Å². The molecule has 4 aromatic heterocycles. The van der Waals surface area contributed by atoms with Gasteiger partial charge in [-0.3, -0.25) is 39.8 Å². The summed E-state index contributed by atoms with van der Waals surface area (Å²) < 4.78 is 152. The van der Waals surface area contributed by atoms with Crippen LogP contribution in [0, 0.1) is 5.82 Å². The number of rotatable bonds is 22. The van der Waals surface area contributed by atoms with Gasteiger partial charge in [-0.05, 0) is 71.5 Å². The summed E-state index contributed by atoms with van der Waals surface area (Å²) in [5.41, 5.74) is -0.749. The Morgan fingerprint density at radius 3 is 1.80 bits per heavy atom. The summed E-state index contributed by atoms with van der Waals surface area (Å²) in [5, 5.41) is 22.5. The molecule has 5 heterocycles. The number of carboxylic acid groups (broad SMARTS) is 2. The molecular formula is C50H59ClF5N14O21PS5. The predicted octanol–water partition coefficient (Wildman–Crippen LogP) is 3.44. The zero-order valence-corrected chi connectivity index (χ0v) is 57.2. The van der Waals surface area contributed by atoms with Gasteiger partial charge in [0.1, 0.15) is 24.0 Å². The van der Waals surface area contributed by atoms with Crippen LogP contribution in [0.2, 0.25) is 5.02 Å². The third-order valence-corrected chi connectivity index (χ3v) is 16.1. The van der Waals surface area contributed by atoms with E-state index in [0.29, 0.717) is 39.7 Å². The quantitative estimate of drug-likeness (QED) is 0.0159. The summed E-state index contributed by atoms with van der Waals surface area (Å²) in [5.74, 6) is -7.21. The molecule has 6 aromatic rings. The van der Waals surface area contributed by atoms with E-state index in [1.54, 1.807) is 19.4 Å². The van der Waals surface area contributed by atoms with Crippen LogP contribution in [0.3, 0.4) is 0 Å². The number of carbonyl (C=O) groups is 6. The van der Waals surface area contributed by atoms with E-state index in [0.717, 1.165) is 54.1 Å². The predicted molar refractivity (Wildman–Crippen MR) is 335 cm³/mol. The van der Waals surface area contributed by atoms with Crippen LogP contribution >= 0.6 is 42.3 Å². The summed E-state index contributed by atoms with van der Waals surface area (Å²) >= 11 is 8.17. The highest BCUT2D eigenvalue weighted by Crippen LogP contribution is 2.33. The zero-order valence-electron chi connectivity index (χ0n) is 51.4. The van der Waals surface area contributed by atoms with Gasteiger partial charge < -0.3 is 53.1 Å². The second-order valence-electron chi connectivity index (χ2n) is 18.5. The van der Waals surface area contributed by atoms with E-state index in [-0.39, 0.29) is 44.6 Å². The average molecular weight is 1510 g/mol. The van der Waals surface area contributed by atoms with Gasteiger partial charge in [0.15, 0.2) is 5.03 Å². The van der Waals surface area contributed by atoms with E-state index < -0.39 is 129 Å². The molecule has 35 nitrogen and oxygen atoms in total. The fraction of sp³-hybridized carbons (Fsp3) is 0.340. The van der Waals surface area contributed by atoms with Crippen molar-refractivity contribution in [2.24, 2.45) is 4.99 Å². The fourth-order valence-electron chi connectivity index (χ4n) is 6.65. The van der Waals surface area contributed by atoms with Gasteiger partial charge in [-0.1, -0.05) is 23.7 Å². The van der Waals surface area contributed by atoms with Crippen molar-refractivity contribution in [2.75, 3.05) is 83.4 Å². The lowest BCUT2D eigenvalue weighted by atomic mass is 10.2. The molecule has 5 amide bonds. The van der Waals surface area contributed by atoms with Crippen LogP contribution in [-0.4, -0.2) is 193 Å². The molecule has 1 atom stereocenters. The van der Waals surface area contributed by atoms with Crippen LogP contribution < -0.4 is 58.9 Å². The van der Waals surface area contributed by atoms with Crippen LogP contribution in [0.4, 0.5) is 49.1 Å². The number of pyridine rings is 1. The number of benzene rings is 2. The molecule has 1 unspecified atom stereocenters. The number of thioether (sulfide) groups is 1. The van der Waals surface area contributed by atoms with E-state index in [1.807, 2.05) is 5.32 Å². The molecule has 1 aliphatic rings. The van der Waals surface area contributed by atoms with Gasteiger partial charge >= 0.3 is 48.1 Å². The number of hydrogen-bond donors (Lipinski definition) is 8. The van der Waals surface area contributed by atoms with Crippen molar-refractivity contribution >= 4 is 127 Å². The lowest BCUT2D eigenvalue weighted by Gasteiger charge is -2.15. The number of halogens is 6. The molecule has 532 valence electrons. The number of amides is 5. The number of aromatic carboxylic acids is 1. The second kappa shape index (κ2) is 38.8. The number of carboxylic acids is 2. The molecule has 2 aromatic carbocycles. The third-order valence-electron chi connectivity index (χ3n) is 10.4. The maximum Gasteiger partial charge on any atom is 0.388 e. The SMILES string of the molecule is COC(=O)CSc1cc(N=c2sc(=O)n3n2CCCC3)c(F)cc1Cl.COc1cc(OC)nc(NC(=O)NS(=O)(=O)c2ncccc2C(=O)N(C)C)n1.C[S+](C)C.O=C(Nc1nc(OC(F)F)cc(OC(F)F)n1)NS(=O)(=O)c1ccccc1C(=O)O.O=C(O)CNCP(=O)([O-])O. The lowest BCUT2D eigenvalue weighted by molar-refractivity contribution is -0.193. The van der Waals surface area contributed by atoms with Crippen molar-refractivity contribution < 1.29 is 116 Å². The van der Waals surface area contributed by atoms with Crippen LogP contribution in [-0.2, 0) is 62.9 Å². The Kier molecular flexibility index (Phi) is 33.0. The number of methoxy groups -OCH3 is 3. The van der Waals surface area contributed by atoms with Gasteiger partial charge in [0.2, 0.25) is 40.2 Å². The molecule has 97 heavy (non-hydrogen) atoms. The first kappa shape index (κ1) is 82.4. The minimum atomic E-state index is -4.71. The number of sulfonamides is 2. The van der Waals surface area contributed by atoms with Gasteiger partial charge in [0.05, 0.1) is 87.0 Å². The normalized spacial score (nSPS) is 12.3. The number of aromatic nitrogens is 7. The molecule has 8 N–H and O–H groups in total. The molecule has 0 saturated heterocycles. The minimum Gasteiger partial charge on any atom is -0.778 e. The molecule has 1 aliphatic heterocycles. The minimum absolute atomic E-state index is 0.0605. The average Bonchev–Trinajstić information content (AvgIpc) is 1.74. The van der Waals surface area contributed by atoms with Gasteiger partial charge in [0.25, 0.3) is 26.0 Å². The number of hydrogen-bond acceptors (Lipinski definition) is 27. The first-order valence-corrected chi connectivity index (χ1v) is 35.6. The number of aliphatic carboxylic acids is 1. The van der Waals surface area contributed by atoms with Crippen molar-refractivity contribution in [3.63, 3.8) is 0 Å². The highest BCUT2D eigenvalue weighted by atomic mass is 35.5. The standard InChI is InChI=1S/C15H15ClFN3O3S2.C15H18N6O6S.C14H10F4N4O7S.C3H8NO5P.C3H9S/c1-23-13(21)8-24-12-7-11(10(17)6-9(12)16)18-14-19-4-2-3-5-20(19)15(22)25-14;1-21(2)13(22)9-6-5-7-16-12(9)28(24,25)20-15(23)19-14-17-10(26-3)8-11(18-14)27-4;15-11(16)28-8-5-9(29-12(17)18)20-13(19-8)21-14(25)22-30(26,27)7-4-2-1-3-6(7)10(23)24;5-3(6)1-4-2-10(7,8)9;1-4(2)3/h6-7H,2-5,8H2,1H3;5-8H,1-4H3,(H2,17,18,19,20,23);1-5,11-12H,(H,23,24)(H2,19,20,21,22,25);4H,1-2H2,(H,5,6)(H2,7,8,9);1-3H3/q;;;;+1/p-1. The first-order valence-electron chi connectivity index (χ1n) is 26.2. The third kappa shape index (κ3) is 28.8. The summed E-state index contributed by atoms with van der Waals surface area (Å²) in [4.78, 5) is 122. The number of ether oxygens (including phenoxy) is 5. The summed E-state index contributed by atoms with van der Waals surface area (Å²) in [7, 11) is -5.97. The Labute approximate surface area is 562 Å². The molecule has 0 spiro atoms. The Morgan fingerprint density at radius 1 is 0.804 bits per heavy atom. The first-order chi connectivity index (χ1) is 45.3. The molecule has 0 bridgehead atoms. The highest BCUT2D eigenvalue weighted by molar-refractivity contribution is 8.00. The maximum absolute atomic E-state index is 14.3. The summed E-state index contributed by atoms with van der Waals surface area (Å²) in [6.45, 7) is -5.97. The summed E-state index contributed by atoms with van der Waals surface area (Å²) in [6.07, 6.45) is 8.96. The molecule has 0 fully saturated rings. The topological polar surface area (TPSA) is 485 Å². The Bertz CT molecular complexity index is 4120. The van der Waals surface area contributed by atoms with Crippen LogP contribution in [0.1, 0.15) is 33.6 Å². The van der Waals surface area contributed by atoms with E-state index in [9.17, 15) is 81.8 Å². The number of nitrogens with zero attached hydrogens (tertiary/aromatic N) is 9. The molecular weight excluding hydrogens is 1450 g/mol. The van der Waals surface area contributed by atoms with Crippen molar-refractivity contribution in [2.45, 2.75) is 54.0 Å². The number of esters is 1. The van der Waals surface area contributed by atoms with E-state index in [1.165, 1.54) is 87.6 Å². The Hall–Kier alpha value is -8.82. The van der Waals surface area contributed by atoms with Gasteiger partial charge in [-0.2, -0.15) is 45.9 Å². The second-order valence-corrected chi connectivity index (χ2v) is 28.2. The van der Waals surface area contributed by atoms with E-state index in [2.05, 4.69) is 68.2 Å². The lowest BCUT2D eigenvalue weighted by Crippen LogP contribution is -2.36. The fourth-order valence-corrected chi connectivity index (χ4v) is 11.2. The van der Waals surface area contributed by atoms with Crippen molar-refractivity contribution in [1.82, 2.24) is 53.9 Å². The number of fused-ring (bicyclic) bond motifs is 1. The van der Waals surface area contributed by atoms with E-state index >= 15 is 0 Å². The van der Waals surface area contributed by atoms with Crippen molar-refractivity contribution in [1.29, 1.82) is 0 Å². The van der Waals surface area contributed by atoms with Crippen LogP contribution in [0.5, 0.6) is 23.5 Å². The number of nitrogens with one attached hydrogen (secondary N) is 5. The number of urea groups is 2. The molecule has 7 rings (SSSR count). The molecule has 0 aliphatic carbocycles. The van der Waals surface area contributed by atoms with Gasteiger partial charge in [-0.15, -0.1) is 11.8 Å². The smallest absolute Gasteiger partial charge is 0.388 e. The number of alkyl halides is 4. The van der Waals surface area contributed by atoms with Crippen LogP contribution in [0.25, 0.3) is 0 Å². The Balaban J connectivity index is 0.000000345. The molecule has 0 radical (unpaired) electrons. The monoisotopic (exact) mass is 1510 g/mol. The van der Waals surface area contributed by atoms with Crippen LogP contribution in [0.15, 0.2) is 91.5 Å². The largest absolute Gasteiger partial charge is 0.778 e. The molecule has 47 heteroatoms. The van der Waals surface area contributed by atoms with Crippen molar-refractivity contribution in [3.8, 4) is 23.5 Å². The number of carbonyl (C=O) groups excluding carboxylic acids is 4. The molecule has 0 saturated carbocycles. The highest BCUT2D eigenvalue weighted by Gasteiger charge is 2.28.